The summed E-state index contributed by atoms with van der Waals surface area (Å²) in [6.07, 6.45) is 18.5. The van der Waals surface area contributed by atoms with Gasteiger partial charge in [-0.15, -0.1) is 0 Å². The minimum absolute atomic E-state index is 0.292. The number of nitrogens with zero attached hydrogens (tertiary/aromatic N) is 2. The Morgan fingerprint density at radius 1 is 1.05 bits per heavy atom. The molecule has 2 nitrogen and oxygen atoms in total. The van der Waals surface area contributed by atoms with Crippen LogP contribution in [0.2, 0.25) is 0 Å². The molecule has 1 aliphatic rings. The third-order valence-electron chi connectivity index (χ3n) is 4.10. The van der Waals surface area contributed by atoms with Crippen LogP contribution in [-0.4, -0.2) is 23.3 Å². The number of hydrogen-bond acceptors (Lipinski definition) is 1. The molecule has 0 bridgehead atoms. The van der Waals surface area contributed by atoms with Crippen molar-refractivity contribution in [2.45, 2.75) is 58.4 Å². The third-order valence-corrected chi connectivity index (χ3v) is 4.10. The van der Waals surface area contributed by atoms with Gasteiger partial charge in [0.1, 0.15) is 5.84 Å². The Hall–Kier alpha value is -1.31. The molecule has 1 rings (SSSR count). The van der Waals surface area contributed by atoms with Gasteiger partial charge >= 0.3 is 0 Å². The van der Waals surface area contributed by atoms with Crippen molar-refractivity contribution in [2.24, 2.45) is 4.99 Å². The van der Waals surface area contributed by atoms with Gasteiger partial charge in [-0.25, -0.2) is 4.99 Å². The number of hydrogen-bond donors (Lipinski definition) is 0. The van der Waals surface area contributed by atoms with Crippen molar-refractivity contribution in [3.63, 3.8) is 0 Å². The van der Waals surface area contributed by atoms with Gasteiger partial charge in [-0.2, -0.15) is 0 Å². The van der Waals surface area contributed by atoms with Crippen LogP contribution in [0.4, 0.5) is 0 Å². The Morgan fingerprint density at radius 3 is 2.32 bits per heavy atom. The van der Waals surface area contributed by atoms with E-state index in [1.807, 2.05) is 43.5 Å². The molecule has 0 radical (unpaired) electrons. The summed E-state index contributed by atoms with van der Waals surface area (Å²) in [7, 11) is 2.17. The van der Waals surface area contributed by atoms with Crippen LogP contribution in [0.15, 0.2) is 41.6 Å². The second-order valence-electron chi connectivity index (χ2n) is 5.55. The van der Waals surface area contributed by atoms with Crippen molar-refractivity contribution >= 4 is 5.84 Å². The highest BCUT2D eigenvalue weighted by atomic mass is 15.2. The molecule has 0 aromatic carbocycles. The maximum absolute atomic E-state index is 4.53. The van der Waals surface area contributed by atoms with E-state index in [4.69, 9.17) is 0 Å². The molecule has 0 aliphatic heterocycles. The zero-order valence-electron chi connectivity index (χ0n) is 12.9. The lowest BCUT2D eigenvalue weighted by Crippen LogP contribution is -2.47. The van der Waals surface area contributed by atoms with Gasteiger partial charge in [-0.3, -0.25) is 0 Å². The molecule has 0 unspecified atom stereocenters. The molecule has 0 amide bonds. The summed E-state index contributed by atoms with van der Waals surface area (Å²) in [4.78, 5) is 6.88. The van der Waals surface area contributed by atoms with Gasteiger partial charge in [0.2, 0.25) is 0 Å². The van der Waals surface area contributed by atoms with Crippen molar-refractivity contribution < 1.29 is 0 Å². The topological polar surface area (TPSA) is 15.6 Å². The zero-order valence-corrected chi connectivity index (χ0v) is 12.9. The van der Waals surface area contributed by atoms with Crippen LogP contribution in [0.5, 0.6) is 0 Å². The smallest absolute Gasteiger partial charge is 0.101 e. The van der Waals surface area contributed by atoms with E-state index in [1.165, 1.54) is 32.1 Å². The van der Waals surface area contributed by atoms with Crippen molar-refractivity contribution in [2.75, 3.05) is 7.05 Å². The Balaban J connectivity index is 2.57. The Bertz CT molecular complexity index is 369. The van der Waals surface area contributed by atoms with E-state index in [1.54, 1.807) is 0 Å². The maximum Gasteiger partial charge on any atom is 0.101 e. The molecule has 106 valence electrons. The largest absolute Gasteiger partial charge is 0.358 e. The van der Waals surface area contributed by atoms with Gasteiger partial charge in [0.05, 0.1) is 0 Å². The molecule has 0 N–H and O–H groups in total. The van der Waals surface area contributed by atoms with Gasteiger partial charge in [-0.05, 0) is 39.7 Å². The Labute approximate surface area is 118 Å². The molecular weight excluding hydrogens is 232 g/mol. The van der Waals surface area contributed by atoms with Crippen molar-refractivity contribution in [1.29, 1.82) is 0 Å². The van der Waals surface area contributed by atoms with E-state index < -0.39 is 0 Å². The van der Waals surface area contributed by atoms with Crippen LogP contribution >= 0.6 is 0 Å². The first-order valence-electron chi connectivity index (χ1n) is 7.33. The maximum atomic E-state index is 4.53. The average molecular weight is 260 g/mol. The van der Waals surface area contributed by atoms with E-state index in [9.17, 15) is 0 Å². The molecule has 1 aliphatic carbocycles. The van der Waals surface area contributed by atoms with Gasteiger partial charge in [0, 0.05) is 18.8 Å². The van der Waals surface area contributed by atoms with Gasteiger partial charge in [-0.1, -0.05) is 43.6 Å². The molecule has 1 fully saturated rings. The monoisotopic (exact) mass is 260 g/mol. The number of allylic oxidation sites excluding steroid dienone is 5. The average Bonchev–Trinajstić information content (AvgIpc) is 2.42. The first-order valence-corrected chi connectivity index (χ1v) is 7.33. The molecule has 0 heterocycles. The van der Waals surface area contributed by atoms with Crippen LogP contribution in [0.3, 0.4) is 0 Å². The first-order chi connectivity index (χ1) is 9.10. The standard InChI is InChI=1S/C17H28N2/c1-5-6-7-8-12-15-18-16(2)19(4)17(3)13-10-9-11-14-17/h5-8,12,15H,9-11,13-14H2,1-4H3/b6-5-,8-7-,15-12+,18-16-. The molecule has 2 heteroatoms. The zero-order chi connectivity index (χ0) is 14.1. The quantitative estimate of drug-likeness (QED) is 0.406. The Kier molecular flexibility index (Phi) is 6.61. The Morgan fingerprint density at radius 2 is 1.68 bits per heavy atom. The summed E-state index contributed by atoms with van der Waals surface area (Å²) in [6.45, 7) is 6.47. The minimum Gasteiger partial charge on any atom is -0.358 e. The van der Waals surface area contributed by atoms with E-state index in [2.05, 4.69) is 30.8 Å². The number of rotatable bonds is 4. The minimum atomic E-state index is 0.292. The highest BCUT2D eigenvalue weighted by molar-refractivity contribution is 5.80. The summed E-state index contributed by atoms with van der Waals surface area (Å²) in [5, 5.41) is 0. The molecule has 19 heavy (non-hydrogen) atoms. The van der Waals surface area contributed by atoms with Crippen LogP contribution in [0.1, 0.15) is 52.9 Å². The molecule has 0 aromatic rings. The lowest BCUT2D eigenvalue weighted by molar-refractivity contribution is 0.161. The van der Waals surface area contributed by atoms with E-state index in [-0.39, 0.29) is 0 Å². The number of amidine groups is 1. The SMILES string of the molecule is C\C=C/C=C\C=C\N=C(\C)N(C)C1(C)CCCCC1. The van der Waals surface area contributed by atoms with Gasteiger partial charge in [0.15, 0.2) is 0 Å². The molecular formula is C17H28N2. The second kappa shape index (κ2) is 7.98. The van der Waals surface area contributed by atoms with Crippen molar-refractivity contribution in [1.82, 2.24) is 4.90 Å². The first kappa shape index (κ1) is 15.7. The van der Waals surface area contributed by atoms with Gasteiger partial charge < -0.3 is 4.90 Å². The third kappa shape index (κ3) is 5.06. The van der Waals surface area contributed by atoms with Crippen LogP contribution in [-0.2, 0) is 0 Å². The summed E-state index contributed by atoms with van der Waals surface area (Å²) >= 11 is 0. The van der Waals surface area contributed by atoms with E-state index >= 15 is 0 Å². The van der Waals surface area contributed by atoms with E-state index in [0.717, 1.165) is 5.84 Å². The highest BCUT2D eigenvalue weighted by Crippen LogP contribution is 2.32. The molecule has 0 spiro atoms. The fraction of sp³-hybridized carbons (Fsp3) is 0.588. The summed E-state index contributed by atoms with van der Waals surface area (Å²) in [5.41, 5.74) is 0.292. The van der Waals surface area contributed by atoms with Crippen LogP contribution in [0, 0.1) is 0 Å². The summed E-state index contributed by atoms with van der Waals surface area (Å²) < 4.78 is 0. The van der Waals surface area contributed by atoms with Crippen molar-refractivity contribution in [3.8, 4) is 0 Å². The molecule has 0 saturated heterocycles. The van der Waals surface area contributed by atoms with Crippen molar-refractivity contribution in [3.05, 3.63) is 36.6 Å². The van der Waals surface area contributed by atoms with Crippen LogP contribution in [0.25, 0.3) is 0 Å². The molecule has 1 saturated carbocycles. The lowest BCUT2D eigenvalue weighted by atomic mass is 9.82. The highest BCUT2D eigenvalue weighted by Gasteiger charge is 2.31. The van der Waals surface area contributed by atoms with Crippen LogP contribution < -0.4 is 0 Å². The van der Waals surface area contributed by atoms with Gasteiger partial charge in [0.25, 0.3) is 0 Å². The second-order valence-corrected chi connectivity index (χ2v) is 5.55. The molecule has 0 aromatic heterocycles. The fourth-order valence-corrected chi connectivity index (χ4v) is 2.57. The number of aliphatic imine (C=N–C) groups is 1. The fourth-order valence-electron chi connectivity index (χ4n) is 2.57. The predicted molar refractivity (Wildman–Crippen MR) is 85.5 cm³/mol. The summed E-state index contributed by atoms with van der Waals surface area (Å²) in [5.74, 6) is 1.10. The van der Waals surface area contributed by atoms with E-state index in [0.29, 0.717) is 5.54 Å². The summed E-state index contributed by atoms with van der Waals surface area (Å²) in [6, 6.07) is 0. The molecule has 0 atom stereocenters. The lowest BCUT2D eigenvalue weighted by Gasteiger charge is -2.43. The normalized spacial score (nSPS) is 20.7. The predicted octanol–water partition coefficient (Wildman–Crippen LogP) is 4.71.